The molecule has 122 valence electrons. The fourth-order valence-electron chi connectivity index (χ4n) is 4.11. The Morgan fingerprint density at radius 1 is 1.27 bits per heavy atom. The van der Waals surface area contributed by atoms with E-state index in [9.17, 15) is 9.90 Å². The van der Waals surface area contributed by atoms with Gasteiger partial charge in [-0.25, -0.2) is 4.79 Å². The Balaban J connectivity index is 2.05. The zero-order valence-electron chi connectivity index (χ0n) is 13.7. The molecule has 4 nitrogen and oxygen atoms in total. The van der Waals surface area contributed by atoms with Gasteiger partial charge in [0.1, 0.15) is 0 Å². The van der Waals surface area contributed by atoms with E-state index in [1.807, 2.05) is 12.1 Å². The zero-order chi connectivity index (χ0) is 16.4. The van der Waals surface area contributed by atoms with Crippen LogP contribution < -0.4 is 5.32 Å². The number of aliphatic hydroxyl groups excluding tert-OH is 1. The van der Waals surface area contributed by atoms with E-state index in [1.165, 1.54) is 6.42 Å². The number of hydrogen-bond donors (Lipinski definition) is 3. The summed E-state index contributed by atoms with van der Waals surface area (Å²) in [6, 6.07) is 6.91. The van der Waals surface area contributed by atoms with Crippen LogP contribution in [0.3, 0.4) is 0 Å². The standard InChI is InChI=1S/C18H27NO3/c1-13-8-17(2,3)11-18(9-13,12-20)19-10-14-4-6-15(7-5-14)16(21)22/h4-7,13,19-20H,8-12H2,1-3H3,(H,21,22). The van der Waals surface area contributed by atoms with Crippen molar-refractivity contribution < 1.29 is 15.0 Å². The predicted molar refractivity (Wildman–Crippen MR) is 86.9 cm³/mol. The molecule has 22 heavy (non-hydrogen) atoms. The average Bonchev–Trinajstić information content (AvgIpc) is 2.43. The number of carbonyl (C=O) groups is 1. The second-order valence-corrected chi connectivity index (χ2v) is 7.65. The van der Waals surface area contributed by atoms with Crippen molar-refractivity contribution in [2.24, 2.45) is 11.3 Å². The van der Waals surface area contributed by atoms with Gasteiger partial charge in [-0.2, -0.15) is 0 Å². The maximum atomic E-state index is 10.9. The molecule has 1 aromatic carbocycles. The van der Waals surface area contributed by atoms with Gasteiger partial charge in [-0.1, -0.05) is 32.9 Å². The van der Waals surface area contributed by atoms with Gasteiger partial charge in [0.15, 0.2) is 0 Å². The topological polar surface area (TPSA) is 69.6 Å². The van der Waals surface area contributed by atoms with Crippen molar-refractivity contribution in [1.29, 1.82) is 0 Å². The number of carboxylic acid groups (broad SMARTS) is 1. The quantitative estimate of drug-likeness (QED) is 0.782. The fourth-order valence-corrected chi connectivity index (χ4v) is 4.11. The molecule has 1 aliphatic carbocycles. The molecule has 1 aromatic rings. The highest BCUT2D eigenvalue weighted by Crippen LogP contribution is 2.43. The number of hydrogen-bond acceptors (Lipinski definition) is 3. The molecule has 1 saturated carbocycles. The van der Waals surface area contributed by atoms with Crippen LogP contribution in [0.2, 0.25) is 0 Å². The Kier molecular flexibility index (Phi) is 4.93. The summed E-state index contributed by atoms with van der Waals surface area (Å²) in [5.74, 6) is -0.327. The number of rotatable bonds is 5. The van der Waals surface area contributed by atoms with Crippen LogP contribution in [0.5, 0.6) is 0 Å². The lowest BCUT2D eigenvalue weighted by Gasteiger charge is -2.47. The van der Waals surface area contributed by atoms with Crippen LogP contribution in [0.1, 0.15) is 56.0 Å². The van der Waals surface area contributed by atoms with E-state index >= 15 is 0 Å². The third-order valence-electron chi connectivity index (χ3n) is 4.63. The molecule has 0 amide bonds. The van der Waals surface area contributed by atoms with Crippen molar-refractivity contribution in [3.8, 4) is 0 Å². The Morgan fingerprint density at radius 3 is 2.41 bits per heavy atom. The van der Waals surface area contributed by atoms with Crippen LogP contribution in [-0.4, -0.2) is 28.3 Å². The van der Waals surface area contributed by atoms with Crippen molar-refractivity contribution in [3.05, 3.63) is 35.4 Å². The summed E-state index contributed by atoms with van der Waals surface area (Å²) >= 11 is 0. The third-order valence-corrected chi connectivity index (χ3v) is 4.63. The summed E-state index contributed by atoms with van der Waals surface area (Å²) in [6.07, 6.45) is 3.11. The second-order valence-electron chi connectivity index (χ2n) is 7.65. The van der Waals surface area contributed by atoms with Gasteiger partial charge < -0.3 is 15.5 Å². The highest BCUT2D eigenvalue weighted by molar-refractivity contribution is 5.87. The van der Waals surface area contributed by atoms with Crippen molar-refractivity contribution >= 4 is 5.97 Å². The number of carboxylic acids is 1. The maximum Gasteiger partial charge on any atom is 0.335 e. The summed E-state index contributed by atoms with van der Waals surface area (Å²) in [6.45, 7) is 7.54. The molecule has 4 heteroatoms. The molecule has 0 radical (unpaired) electrons. The van der Waals surface area contributed by atoms with Crippen molar-refractivity contribution in [3.63, 3.8) is 0 Å². The molecule has 2 atom stereocenters. The highest BCUT2D eigenvalue weighted by atomic mass is 16.4. The van der Waals surface area contributed by atoms with Crippen LogP contribution in [0.15, 0.2) is 24.3 Å². The smallest absolute Gasteiger partial charge is 0.335 e. The van der Waals surface area contributed by atoms with E-state index in [0.29, 0.717) is 18.0 Å². The normalized spacial score (nSPS) is 27.5. The van der Waals surface area contributed by atoms with Gasteiger partial charge in [-0.3, -0.25) is 0 Å². The molecular weight excluding hydrogens is 278 g/mol. The summed E-state index contributed by atoms with van der Waals surface area (Å²) in [5, 5.41) is 22.4. The van der Waals surface area contributed by atoms with Gasteiger partial charge in [-0.15, -0.1) is 0 Å². The first-order chi connectivity index (χ1) is 10.3. The third kappa shape index (κ3) is 4.08. The van der Waals surface area contributed by atoms with Gasteiger partial charge in [0, 0.05) is 12.1 Å². The maximum absolute atomic E-state index is 10.9. The number of aromatic carboxylic acids is 1. The molecular formula is C18H27NO3. The predicted octanol–water partition coefficient (Wildman–Crippen LogP) is 3.05. The zero-order valence-corrected chi connectivity index (χ0v) is 13.7. The van der Waals surface area contributed by atoms with Gasteiger partial charge in [0.25, 0.3) is 0 Å². The molecule has 0 aromatic heterocycles. The summed E-state index contributed by atoms with van der Waals surface area (Å²) in [4.78, 5) is 10.9. The summed E-state index contributed by atoms with van der Waals surface area (Å²) in [5.41, 5.74) is 1.31. The van der Waals surface area contributed by atoms with Gasteiger partial charge in [0.05, 0.1) is 12.2 Å². The minimum absolute atomic E-state index is 0.133. The lowest BCUT2D eigenvalue weighted by Crippen LogP contribution is -2.54. The Bertz CT molecular complexity index is 524. The lowest BCUT2D eigenvalue weighted by atomic mass is 9.64. The summed E-state index contributed by atoms with van der Waals surface area (Å²) < 4.78 is 0. The van der Waals surface area contributed by atoms with Gasteiger partial charge in [-0.05, 0) is 48.3 Å². The van der Waals surface area contributed by atoms with Crippen LogP contribution in [0.25, 0.3) is 0 Å². The molecule has 2 rings (SSSR count). The molecule has 0 bridgehead atoms. The molecule has 1 fully saturated rings. The monoisotopic (exact) mass is 305 g/mol. The van der Waals surface area contributed by atoms with E-state index < -0.39 is 5.97 Å². The number of nitrogens with one attached hydrogen (secondary N) is 1. The SMILES string of the molecule is CC1CC(C)(C)CC(CO)(NCc2ccc(C(=O)O)cc2)C1. The van der Waals surface area contributed by atoms with Gasteiger partial charge >= 0.3 is 5.97 Å². The van der Waals surface area contributed by atoms with E-state index in [1.54, 1.807) is 12.1 Å². The molecule has 0 saturated heterocycles. The van der Waals surface area contributed by atoms with E-state index in [0.717, 1.165) is 18.4 Å². The van der Waals surface area contributed by atoms with Crippen molar-refractivity contribution in [2.75, 3.05) is 6.61 Å². The molecule has 0 heterocycles. The van der Waals surface area contributed by atoms with Crippen molar-refractivity contribution in [1.82, 2.24) is 5.32 Å². The minimum atomic E-state index is -0.908. The number of aliphatic hydroxyl groups is 1. The number of benzene rings is 1. The van der Waals surface area contributed by atoms with Crippen LogP contribution >= 0.6 is 0 Å². The van der Waals surface area contributed by atoms with E-state index in [2.05, 4.69) is 26.1 Å². The molecule has 0 spiro atoms. The lowest BCUT2D eigenvalue weighted by molar-refractivity contribution is 0.0352. The Hall–Kier alpha value is -1.39. The average molecular weight is 305 g/mol. The highest BCUT2D eigenvalue weighted by Gasteiger charge is 2.42. The first-order valence-corrected chi connectivity index (χ1v) is 7.93. The van der Waals surface area contributed by atoms with E-state index in [-0.39, 0.29) is 17.6 Å². The van der Waals surface area contributed by atoms with E-state index in [4.69, 9.17) is 5.11 Å². The Labute approximate surface area is 132 Å². The minimum Gasteiger partial charge on any atom is -0.478 e. The fraction of sp³-hybridized carbons (Fsp3) is 0.611. The van der Waals surface area contributed by atoms with Crippen LogP contribution in [-0.2, 0) is 6.54 Å². The molecule has 1 aliphatic rings. The second kappa shape index (κ2) is 6.39. The molecule has 3 N–H and O–H groups in total. The van der Waals surface area contributed by atoms with Crippen LogP contribution in [0.4, 0.5) is 0 Å². The first kappa shape index (κ1) is 17.0. The first-order valence-electron chi connectivity index (χ1n) is 7.93. The molecule has 2 unspecified atom stereocenters. The molecule has 0 aliphatic heterocycles. The largest absolute Gasteiger partial charge is 0.478 e. The Morgan fingerprint density at radius 2 is 1.91 bits per heavy atom. The van der Waals surface area contributed by atoms with Crippen LogP contribution in [0, 0.1) is 11.3 Å². The van der Waals surface area contributed by atoms with Gasteiger partial charge in [0.2, 0.25) is 0 Å². The summed E-state index contributed by atoms with van der Waals surface area (Å²) in [7, 11) is 0. The van der Waals surface area contributed by atoms with Crippen molar-refractivity contribution in [2.45, 2.75) is 52.1 Å².